The highest BCUT2D eigenvalue weighted by atomic mass is 15.0. The van der Waals surface area contributed by atoms with E-state index in [1.54, 1.807) is 0 Å². The van der Waals surface area contributed by atoms with E-state index in [0.29, 0.717) is 0 Å². The second kappa shape index (κ2) is 2.76. The van der Waals surface area contributed by atoms with Gasteiger partial charge in [-0.15, -0.1) is 0 Å². The van der Waals surface area contributed by atoms with Gasteiger partial charge in [0.1, 0.15) is 0 Å². The van der Waals surface area contributed by atoms with Crippen LogP contribution in [0.15, 0.2) is 12.3 Å². The Balaban J connectivity index is 1.79. The first-order valence-electron chi connectivity index (χ1n) is 5.44. The van der Waals surface area contributed by atoms with Crippen molar-refractivity contribution in [2.45, 2.75) is 45.6 Å². The quantitative estimate of drug-likeness (QED) is 0.702. The van der Waals surface area contributed by atoms with Crippen molar-refractivity contribution in [3.63, 3.8) is 0 Å². The molecule has 0 amide bonds. The summed E-state index contributed by atoms with van der Waals surface area (Å²) in [5.41, 5.74) is 1.47. The maximum absolute atomic E-state index is 4.15. The van der Waals surface area contributed by atoms with E-state index in [0.717, 1.165) is 17.8 Å². The summed E-state index contributed by atoms with van der Waals surface area (Å²) in [6, 6.07) is 0. The first-order chi connectivity index (χ1) is 5.97. The molecule has 13 heavy (non-hydrogen) atoms. The Morgan fingerprint density at radius 3 is 2.38 bits per heavy atom. The Bertz CT molecular complexity index is 220. The van der Waals surface area contributed by atoms with E-state index in [1.165, 1.54) is 25.0 Å². The average molecular weight is 179 g/mol. The molecule has 0 aromatic carbocycles. The molecule has 0 spiro atoms. The van der Waals surface area contributed by atoms with Crippen LogP contribution in [0.25, 0.3) is 0 Å². The summed E-state index contributed by atoms with van der Waals surface area (Å²) >= 11 is 0. The van der Waals surface area contributed by atoms with Crippen LogP contribution in [0.2, 0.25) is 0 Å². The number of rotatable bonds is 3. The van der Waals surface area contributed by atoms with Crippen molar-refractivity contribution in [1.82, 2.24) is 5.32 Å². The van der Waals surface area contributed by atoms with Gasteiger partial charge in [-0.05, 0) is 51.9 Å². The molecule has 2 rings (SSSR count). The number of hydrogen-bond donors (Lipinski definition) is 1. The smallest absolute Gasteiger partial charge is 0.0286 e. The van der Waals surface area contributed by atoms with Crippen LogP contribution in [0.4, 0.5) is 0 Å². The van der Waals surface area contributed by atoms with Crippen LogP contribution in [0, 0.1) is 17.8 Å². The predicted octanol–water partition coefficient (Wildman–Crippen LogP) is 2.93. The molecule has 1 heteroatoms. The number of allylic oxidation sites excluding steroid dienone is 1. The summed E-state index contributed by atoms with van der Waals surface area (Å²) in [6.45, 7) is 10.8. The van der Waals surface area contributed by atoms with Gasteiger partial charge in [0, 0.05) is 17.2 Å². The van der Waals surface area contributed by atoms with Crippen LogP contribution in [0.3, 0.4) is 0 Å². The Hall–Kier alpha value is -0.460. The third-order valence-corrected chi connectivity index (χ3v) is 3.05. The van der Waals surface area contributed by atoms with E-state index in [4.69, 9.17) is 0 Å². The monoisotopic (exact) mass is 179 g/mol. The van der Waals surface area contributed by atoms with Gasteiger partial charge in [0.2, 0.25) is 0 Å². The SMILES string of the molecule is C=C(NC(C)(C)C)C1CC1C1CC1. The highest BCUT2D eigenvalue weighted by Crippen LogP contribution is 2.56. The molecule has 0 aromatic heterocycles. The highest BCUT2D eigenvalue weighted by molar-refractivity contribution is 5.14. The molecule has 2 saturated carbocycles. The van der Waals surface area contributed by atoms with Crippen molar-refractivity contribution in [3.05, 3.63) is 12.3 Å². The van der Waals surface area contributed by atoms with Gasteiger partial charge in [0.05, 0.1) is 0 Å². The van der Waals surface area contributed by atoms with Crippen molar-refractivity contribution in [2.24, 2.45) is 17.8 Å². The lowest BCUT2D eigenvalue weighted by Crippen LogP contribution is -2.35. The minimum absolute atomic E-state index is 0.188. The van der Waals surface area contributed by atoms with Crippen molar-refractivity contribution in [1.29, 1.82) is 0 Å². The Morgan fingerprint density at radius 2 is 1.92 bits per heavy atom. The third kappa shape index (κ3) is 2.26. The summed E-state index contributed by atoms with van der Waals surface area (Å²) in [7, 11) is 0. The van der Waals surface area contributed by atoms with Crippen LogP contribution in [-0.2, 0) is 0 Å². The average Bonchev–Trinajstić information content (AvgIpc) is 2.79. The minimum Gasteiger partial charge on any atom is -0.384 e. The predicted molar refractivity (Wildman–Crippen MR) is 56.3 cm³/mol. The van der Waals surface area contributed by atoms with Crippen molar-refractivity contribution in [2.75, 3.05) is 0 Å². The van der Waals surface area contributed by atoms with Crippen LogP contribution < -0.4 is 5.32 Å². The molecule has 0 bridgehead atoms. The van der Waals surface area contributed by atoms with E-state index in [-0.39, 0.29) is 5.54 Å². The maximum Gasteiger partial charge on any atom is 0.0286 e. The van der Waals surface area contributed by atoms with Crippen molar-refractivity contribution in [3.8, 4) is 0 Å². The zero-order valence-corrected chi connectivity index (χ0v) is 9.06. The third-order valence-electron chi connectivity index (χ3n) is 3.05. The molecular weight excluding hydrogens is 158 g/mol. The zero-order valence-electron chi connectivity index (χ0n) is 9.06. The van der Waals surface area contributed by atoms with Gasteiger partial charge in [-0.25, -0.2) is 0 Å². The fourth-order valence-electron chi connectivity index (χ4n) is 2.24. The normalized spacial score (nSPS) is 32.8. The summed E-state index contributed by atoms with van der Waals surface area (Å²) in [5, 5.41) is 3.50. The first kappa shape index (κ1) is 9.11. The van der Waals surface area contributed by atoms with Crippen LogP contribution >= 0.6 is 0 Å². The fraction of sp³-hybridized carbons (Fsp3) is 0.833. The maximum atomic E-state index is 4.15. The molecule has 2 aliphatic rings. The number of hydrogen-bond acceptors (Lipinski definition) is 1. The molecule has 1 nitrogen and oxygen atoms in total. The van der Waals surface area contributed by atoms with Gasteiger partial charge in [0.25, 0.3) is 0 Å². The van der Waals surface area contributed by atoms with Gasteiger partial charge >= 0.3 is 0 Å². The fourth-order valence-corrected chi connectivity index (χ4v) is 2.24. The zero-order chi connectivity index (χ0) is 9.64. The molecule has 0 saturated heterocycles. The Morgan fingerprint density at radius 1 is 1.31 bits per heavy atom. The molecule has 0 aliphatic heterocycles. The molecule has 0 aromatic rings. The van der Waals surface area contributed by atoms with E-state index >= 15 is 0 Å². The molecule has 0 heterocycles. The van der Waals surface area contributed by atoms with Crippen LogP contribution in [0.1, 0.15) is 40.0 Å². The second-order valence-corrected chi connectivity index (χ2v) is 5.74. The molecule has 0 radical (unpaired) electrons. The standard InChI is InChI=1S/C12H21N/c1-8(13-12(2,3)4)10-7-11(10)9-5-6-9/h9-11,13H,1,5-7H2,2-4H3. The Labute approximate surface area is 81.6 Å². The van der Waals surface area contributed by atoms with E-state index in [2.05, 4.69) is 32.7 Å². The first-order valence-corrected chi connectivity index (χ1v) is 5.44. The summed E-state index contributed by atoms with van der Waals surface area (Å²) in [5.74, 6) is 2.84. The largest absolute Gasteiger partial charge is 0.384 e. The lowest BCUT2D eigenvalue weighted by atomic mass is 10.1. The molecule has 2 atom stereocenters. The van der Waals surface area contributed by atoms with E-state index in [1.807, 2.05) is 0 Å². The van der Waals surface area contributed by atoms with Gasteiger partial charge in [-0.1, -0.05) is 6.58 Å². The summed E-state index contributed by atoms with van der Waals surface area (Å²) in [4.78, 5) is 0. The van der Waals surface area contributed by atoms with E-state index in [9.17, 15) is 0 Å². The highest BCUT2D eigenvalue weighted by Gasteiger charge is 2.48. The van der Waals surface area contributed by atoms with E-state index < -0.39 is 0 Å². The molecule has 74 valence electrons. The topological polar surface area (TPSA) is 12.0 Å². The van der Waals surface area contributed by atoms with Crippen molar-refractivity contribution < 1.29 is 0 Å². The van der Waals surface area contributed by atoms with Gasteiger partial charge in [0.15, 0.2) is 0 Å². The summed E-state index contributed by atoms with van der Waals surface area (Å²) in [6.07, 6.45) is 4.35. The molecule has 2 unspecified atom stereocenters. The van der Waals surface area contributed by atoms with Gasteiger partial charge in [-0.3, -0.25) is 0 Å². The molecule has 2 fully saturated rings. The lowest BCUT2D eigenvalue weighted by molar-refractivity contribution is 0.454. The van der Waals surface area contributed by atoms with Crippen molar-refractivity contribution >= 4 is 0 Å². The summed E-state index contributed by atoms with van der Waals surface area (Å²) < 4.78 is 0. The Kier molecular flexibility index (Phi) is 1.94. The van der Waals surface area contributed by atoms with Gasteiger partial charge in [-0.2, -0.15) is 0 Å². The molecule has 1 N–H and O–H groups in total. The molecular formula is C12H21N. The van der Waals surface area contributed by atoms with Crippen LogP contribution in [0.5, 0.6) is 0 Å². The molecule has 2 aliphatic carbocycles. The van der Waals surface area contributed by atoms with Gasteiger partial charge < -0.3 is 5.32 Å². The second-order valence-electron chi connectivity index (χ2n) is 5.74. The minimum atomic E-state index is 0.188. The number of nitrogens with one attached hydrogen (secondary N) is 1. The van der Waals surface area contributed by atoms with Crippen LogP contribution in [-0.4, -0.2) is 5.54 Å². The lowest BCUT2D eigenvalue weighted by Gasteiger charge is -2.24.